The van der Waals surface area contributed by atoms with Crippen LogP contribution in [0.5, 0.6) is 0 Å². The molecule has 0 heterocycles. The third-order valence-corrected chi connectivity index (χ3v) is 2.88. The van der Waals surface area contributed by atoms with Crippen LogP contribution in [0.3, 0.4) is 0 Å². The van der Waals surface area contributed by atoms with E-state index < -0.39 is 32.8 Å². The second-order valence-electron chi connectivity index (χ2n) is 3.05. The maximum absolute atomic E-state index is 10.8. The van der Waals surface area contributed by atoms with E-state index in [9.17, 15) is 25.0 Å². The van der Waals surface area contributed by atoms with Crippen molar-refractivity contribution >= 4 is 33.3 Å². The van der Waals surface area contributed by atoms with Crippen molar-refractivity contribution in [3.8, 4) is 0 Å². The Morgan fingerprint density at radius 3 is 2.24 bits per heavy atom. The molecule has 0 aliphatic rings. The summed E-state index contributed by atoms with van der Waals surface area (Å²) in [7, 11) is 0. The minimum absolute atomic E-state index is 0.197. The first-order chi connectivity index (χ1) is 7.77. The summed E-state index contributed by atoms with van der Waals surface area (Å²) in [6.45, 7) is 1.19. The van der Waals surface area contributed by atoms with E-state index in [-0.39, 0.29) is 10.0 Å². The molecule has 8 nitrogen and oxygen atoms in total. The lowest BCUT2D eigenvalue weighted by Crippen LogP contribution is -2.05. The van der Waals surface area contributed by atoms with E-state index in [1.165, 1.54) is 6.92 Å². The number of hydrogen-bond donors (Lipinski definition) is 1. The molecule has 1 N–H and O–H groups in total. The fourth-order valence-corrected chi connectivity index (χ4v) is 2.01. The number of nitrogens with zero attached hydrogens (tertiary/aromatic N) is 2. The number of rotatable bonds is 3. The van der Waals surface area contributed by atoms with E-state index in [2.05, 4.69) is 15.9 Å². The van der Waals surface area contributed by atoms with Gasteiger partial charge in [-0.3, -0.25) is 20.2 Å². The highest BCUT2D eigenvalue weighted by Gasteiger charge is 2.30. The molecule has 0 radical (unpaired) electrons. The van der Waals surface area contributed by atoms with E-state index in [1.807, 2.05) is 0 Å². The molecule has 1 aromatic carbocycles. The first-order valence-corrected chi connectivity index (χ1v) is 4.91. The molecular formula is C8H5BrN2O6. The van der Waals surface area contributed by atoms with Crippen LogP contribution in [0.4, 0.5) is 11.4 Å². The molecule has 1 aromatic rings. The lowest BCUT2D eigenvalue weighted by Gasteiger charge is -2.04. The smallest absolute Gasteiger partial charge is 0.337 e. The zero-order valence-corrected chi connectivity index (χ0v) is 9.92. The van der Waals surface area contributed by atoms with Crippen molar-refractivity contribution < 1.29 is 19.7 Å². The zero-order chi connectivity index (χ0) is 13.3. The van der Waals surface area contributed by atoms with Crippen molar-refractivity contribution in [2.45, 2.75) is 6.92 Å². The largest absolute Gasteiger partial charge is 0.478 e. The number of halogens is 1. The topological polar surface area (TPSA) is 124 Å². The molecule has 9 heteroatoms. The van der Waals surface area contributed by atoms with Crippen LogP contribution in [0.1, 0.15) is 15.9 Å². The Morgan fingerprint density at radius 1 is 1.35 bits per heavy atom. The number of carbonyl (C=O) groups is 1. The summed E-state index contributed by atoms with van der Waals surface area (Å²) in [4.78, 5) is 30.5. The van der Waals surface area contributed by atoms with Crippen molar-refractivity contribution in [1.82, 2.24) is 0 Å². The minimum atomic E-state index is -1.48. The van der Waals surface area contributed by atoms with Crippen LogP contribution in [0.2, 0.25) is 0 Å². The van der Waals surface area contributed by atoms with Gasteiger partial charge in [0.2, 0.25) is 0 Å². The number of carboxylic acid groups (broad SMARTS) is 1. The highest BCUT2D eigenvalue weighted by Crippen LogP contribution is 2.37. The Morgan fingerprint density at radius 2 is 1.88 bits per heavy atom. The monoisotopic (exact) mass is 304 g/mol. The Bertz CT molecular complexity index is 503. The summed E-state index contributed by atoms with van der Waals surface area (Å²) >= 11 is 2.77. The molecule has 0 unspecified atom stereocenters. The van der Waals surface area contributed by atoms with Crippen LogP contribution < -0.4 is 0 Å². The van der Waals surface area contributed by atoms with Crippen molar-refractivity contribution in [2.24, 2.45) is 0 Å². The number of aromatic carboxylic acids is 1. The minimum Gasteiger partial charge on any atom is -0.478 e. The molecule has 0 aliphatic heterocycles. The average molecular weight is 305 g/mol. The number of nitro benzene ring substituents is 2. The third kappa shape index (κ3) is 2.23. The van der Waals surface area contributed by atoms with E-state index in [0.717, 1.165) is 6.07 Å². The van der Waals surface area contributed by atoms with Gasteiger partial charge in [0.15, 0.2) is 0 Å². The lowest BCUT2D eigenvalue weighted by molar-refractivity contribution is -0.395. The van der Waals surface area contributed by atoms with Gasteiger partial charge >= 0.3 is 5.97 Å². The number of benzene rings is 1. The van der Waals surface area contributed by atoms with E-state index in [0.29, 0.717) is 0 Å². The zero-order valence-electron chi connectivity index (χ0n) is 8.34. The second kappa shape index (κ2) is 4.45. The lowest BCUT2D eigenvalue weighted by atomic mass is 10.1. The van der Waals surface area contributed by atoms with Crippen LogP contribution in [0, 0.1) is 27.2 Å². The molecule has 0 saturated heterocycles. The van der Waals surface area contributed by atoms with E-state index in [1.54, 1.807) is 0 Å². The van der Waals surface area contributed by atoms with Gasteiger partial charge in [0.25, 0.3) is 11.4 Å². The molecule has 0 amide bonds. The van der Waals surface area contributed by atoms with Crippen molar-refractivity contribution in [2.75, 3.05) is 0 Å². The van der Waals surface area contributed by atoms with Crippen molar-refractivity contribution in [3.63, 3.8) is 0 Å². The van der Waals surface area contributed by atoms with Gasteiger partial charge < -0.3 is 5.11 Å². The predicted octanol–water partition coefficient (Wildman–Crippen LogP) is 2.27. The Balaban J connectivity index is 3.76. The van der Waals surface area contributed by atoms with E-state index >= 15 is 0 Å². The van der Waals surface area contributed by atoms with Gasteiger partial charge in [-0.25, -0.2) is 4.79 Å². The molecule has 0 atom stereocenters. The van der Waals surface area contributed by atoms with Gasteiger partial charge in [0.1, 0.15) is 10.0 Å². The van der Waals surface area contributed by atoms with Crippen LogP contribution in [0.25, 0.3) is 0 Å². The van der Waals surface area contributed by atoms with Crippen LogP contribution >= 0.6 is 15.9 Å². The van der Waals surface area contributed by atoms with Crippen LogP contribution in [-0.2, 0) is 0 Å². The fourth-order valence-electron chi connectivity index (χ4n) is 1.28. The summed E-state index contributed by atoms with van der Waals surface area (Å²) in [6.07, 6.45) is 0. The van der Waals surface area contributed by atoms with Crippen molar-refractivity contribution in [1.29, 1.82) is 0 Å². The number of carboxylic acids is 1. The molecule has 0 aromatic heterocycles. The number of nitro groups is 2. The SMILES string of the molecule is Cc1c([N+](=O)[O-])cc(C(=O)O)c(Br)c1[N+](=O)[O-]. The fraction of sp³-hybridized carbons (Fsp3) is 0.125. The summed E-state index contributed by atoms with van der Waals surface area (Å²) < 4.78 is -0.280. The maximum Gasteiger partial charge on any atom is 0.337 e. The molecule has 0 bridgehead atoms. The van der Waals surface area contributed by atoms with Gasteiger partial charge in [0.05, 0.1) is 15.4 Å². The average Bonchev–Trinajstić information content (AvgIpc) is 2.15. The second-order valence-corrected chi connectivity index (χ2v) is 3.84. The van der Waals surface area contributed by atoms with Crippen LogP contribution in [-0.4, -0.2) is 20.9 Å². The normalized spacial score (nSPS) is 10.0. The Hall–Kier alpha value is -2.03. The van der Waals surface area contributed by atoms with Gasteiger partial charge in [-0.2, -0.15) is 0 Å². The maximum atomic E-state index is 10.8. The van der Waals surface area contributed by atoms with Gasteiger partial charge in [-0.15, -0.1) is 0 Å². The molecule has 90 valence electrons. The first-order valence-electron chi connectivity index (χ1n) is 4.12. The number of hydrogen-bond acceptors (Lipinski definition) is 5. The molecule has 0 fully saturated rings. The van der Waals surface area contributed by atoms with Crippen molar-refractivity contribution in [3.05, 3.63) is 41.9 Å². The summed E-state index contributed by atoms with van der Waals surface area (Å²) in [5.74, 6) is -1.48. The molecule has 0 spiro atoms. The third-order valence-electron chi connectivity index (χ3n) is 2.07. The quantitative estimate of drug-likeness (QED) is 0.674. The van der Waals surface area contributed by atoms with Gasteiger partial charge in [-0.1, -0.05) is 0 Å². The molecule has 0 saturated carbocycles. The molecule has 1 rings (SSSR count). The summed E-state index contributed by atoms with van der Waals surface area (Å²) in [5.41, 5.74) is -1.93. The Labute approximate surface area is 102 Å². The van der Waals surface area contributed by atoms with Gasteiger partial charge in [0, 0.05) is 6.07 Å². The highest BCUT2D eigenvalue weighted by atomic mass is 79.9. The molecular weight excluding hydrogens is 300 g/mol. The Kier molecular flexibility index (Phi) is 3.42. The summed E-state index contributed by atoms with van der Waals surface area (Å²) in [6, 6.07) is 0.786. The van der Waals surface area contributed by atoms with E-state index in [4.69, 9.17) is 5.11 Å². The van der Waals surface area contributed by atoms with Crippen LogP contribution in [0.15, 0.2) is 10.5 Å². The highest BCUT2D eigenvalue weighted by molar-refractivity contribution is 9.10. The molecule has 17 heavy (non-hydrogen) atoms. The molecule has 0 aliphatic carbocycles. The van der Waals surface area contributed by atoms with Gasteiger partial charge in [-0.05, 0) is 22.9 Å². The first kappa shape index (κ1) is 13.0. The summed E-state index contributed by atoms with van der Waals surface area (Å²) in [5, 5.41) is 30.2. The standard InChI is InChI=1S/C8H5BrN2O6/c1-3-5(10(14)15)2-4(8(12)13)6(9)7(3)11(16)17/h2H,1H3,(H,12,13). The predicted molar refractivity (Wildman–Crippen MR) is 59.1 cm³/mol.